The fourth-order valence-electron chi connectivity index (χ4n) is 5.51. The van der Waals surface area contributed by atoms with E-state index in [9.17, 15) is 9.59 Å². The third-order valence-corrected chi connectivity index (χ3v) is 8.20. The highest BCUT2D eigenvalue weighted by Crippen LogP contribution is 2.39. The Bertz CT molecular complexity index is 1360. The maximum atomic E-state index is 13.9. The number of halogens is 2. The number of aryl methyl sites for hydroxylation is 1. The molecule has 1 N–H and O–H groups in total. The summed E-state index contributed by atoms with van der Waals surface area (Å²) in [5, 5.41) is 3.97. The standard InChI is InChI=1S/C31H33Cl2N3O3/c1-21-19-24(34-30(37)26-6-2-3-7-28(26)33)9-10-25(21)31(38)36-13-4-5-22(12-14-35-15-17-39-18-16-35)27-20-23(32)8-11-29(27)36/h2-3,6-11,19-20,22H,4-5,12-18H2,1H3,(H,34,37). The van der Waals surface area contributed by atoms with Crippen molar-refractivity contribution in [2.75, 3.05) is 49.6 Å². The summed E-state index contributed by atoms with van der Waals surface area (Å²) in [4.78, 5) is 31.0. The Labute approximate surface area is 239 Å². The molecule has 2 aliphatic heterocycles. The van der Waals surface area contributed by atoms with Crippen molar-refractivity contribution in [3.05, 3.63) is 93.0 Å². The molecule has 2 heterocycles. The molecule has 1 fully saturated rings. The molecule has 0 bridgehead atoms. The van der Waals surface area contributed by atoms with Crippen LogP contribution in [-0.2, 0) is 4.74 Å². The highest BCUT2D eigenvalue weighted by atomic mass is 35.5. The highest BCUT2D eigenvalue weighted by Gasteiger charge is 2.28. The summed E-state index contributed by atoms with van der Waals surface area (Å²) in [7, 11) is 0. The van der Waals surface area contributed by atoms with Crippen LogP contribution in [0.4, 0.5) is 11.4 Å². The molecule has 204 valence electrons. The van der Waals surface area contributed by atoms with Gasteiger partial charge in [-0.1, -0.05) is 35.3 Å². The number of nitrogens with zero attached hydrogens (tertiary/aromatic N) is 2. The summed E-state index contributed by atoms with van der Waals surface area (Å²) in [5.41, 5.74) is 4.49. The first-order chi connectivity index (χ1) is 18.9. The third kappa shape index (κ3) is 6.47. The first-order valence-corrected chi connectivity index (χ1v) is 14.2. The fraction of sp³-hybridized carbons (Fsp3) is 0.355. The van der Waals surface area contributed by atoms with Crippen LogP contribution in [0.15, 0.2) is 60.7 Å². The lowest BCUT2D eigenvalue weighted by Gasteiger charge is -2.29. The molecule has 1 saturated heterocycles. The van der Waals surface area contributed by atoms with Gasteiger partial charge in [-0.2, -0.15) is 0 Å². The zero-order valence-corrected chi connectivity index (χ0v) is 23.6. The summed E-state index contributed by atoms with van der Waals surface area (Å²) in [5.74, 6) is -0.00255. The zero-order valence-electron chi connectivity index (χ0n) is 22.1. The Morgan fingerprint density at radius 2 is 1.77 bits per heavy atom. The van der Waals surface area contributed by atoms with Crippen molar-refractivity contribution in [2.24, 2.45) is 0 Å². The van der Waals surface area contributed by atoms with Crippen LogP contribution in [0, 0.1) is 6.92 Å². The number of amides is 2. The Hall–Kier alpha value is -2.90. The molecule has 8 heteroatoms. The maximum Gasteiger partial charge on any atom is 0.258 e. The van der Waals surface area contributed by atoms with E-state index in [0.29, 0.717) is 39.3 Å². The van der Waals surface area contributed by atoms with Crippen LogP contribution < -0.4 is 10.2 Å². The number of hydrogen-bond donors (Lipinski definition) is 1. The fourth-order valence-corrected chi connectivity index (χ4v) is 5.92. The maximum absolute atomic E-state index is 13.9. The lowest BCUT2D eigenvalue weighted by atomic mass is 9.90. The zero-order chi connectivity index (χ0) is 27.4. The molecular formula is C31H33Cl2N3O3. The number of rotatable bonds is 6. The molecule has 0 spiro atoms. The van der Waals surface area contributed by atoms with Crippen LogP contribution in [0.3, 0.4) is 0 Å². The van der Waals surface area contributed by atoms with E-state index >= 15 is 0 Å². The van der Waals surface area contributed by atoms with Crippen molar-refractivity contribution in [2.45, 2.75) is 32.1 Å². The number of carbonyl (C=O) groups excluding carboxylic acids is 2. The van der Waals surface area contributed by atoms with Gasteiger partial charge in [0.1, 0.15) is 0 Å². The average Bonchev–Trinajstić information content (AvgIpc) is 3.11. The van der Waals surface area contributed by atoms with Gasteiger partial charge in [0.05, 0.1) is 23.8 Å². The molecular weight excluding hydrogens is 533 g/mol. The van der Waals surface area contributed by atoms with Gasteiger partial charge in [0, 0.05) is 41.6 Å². The van der Waals surface area contributed by atoms with E-state index in [-0.39, 0.29) is 11.8 Å². The lowest BCUT2D eigenvalue weighted by molar-refractivity contribution is 0.0365. The largest absolute Gasteiger partial charge is 0.379 e. The number of ether oxygens (including phenoxy) is 1. The van der Waals surface area contributed by atoms with Crippen LogP contribution in [0.5, 0.6) is 0 Å². The third-order valence-electron chi connectivity index (χ3n) is 7.63. The average molecular weight is 567 g/mol. The van der Waals surface area contributed by atoms with Gasteiger partial charge in [-0.25, -0.2) is 0 Å². The molecule has 1 atom stereocenters. The van der Waals surface area contributed by atoms with Crippen molar-refractivity contribution in [3.8, 4) is 0 Å². The molecule has 0 aromatic heterocycles. The molecule has 3 aromatic rings. The Morgan fingerprint density at radius 3 is 2.54 bits per heavy atom. The number of anilines is 2. The topological polar surface area (TPSA) is 61.9 Å². The molecule has 3 aromatic carbocycles. The van der Waals surface area contributed by atoms with Crippen molar-refractivity contribution in [1.82, 2.24) is 4.90 Å². The van der Waals surface area contributed by atoms with Crippen molar-refractivity contribution in [3.63, 3.8) is 0 Å². The summed E-state index contributed by atoms with van der Waals surface area (Å²) < 4.78 is 5.50. The van der Waals surface area contributed by atoms with Crippen LogP contribution in [-0.4, -0.2) is 56.1 Å². The van der Waals surface area contributed by atoms with E-state index < -0.39 is 0 Å². The molecule has 0 saturated carbocycles. The van der Waals surface area contributed by atoms with Gasteiger partial charge in [0.25, 0.3) is 11.8 Å². The quantitative estimate of drug-likeness (QED) is 0.357. The predicted molar refractivity (Wildman–Crippen MR) is 158 cm³/mol. The van der Waals surface area contributed by atoms with E-state index in [2.05, 4.69) is 10.2 Å². The Balaban J connectivity index is 1.35. The molecule has 1 unspecified atom stereocenters. The summed E-state index contributed by atoms with van der Waals surface area (Å²) in [6, 6.07) is 18.2. The second kappa shape index (κ2) is 12.5. The number of hydrogen-bond acceptors (Lipinski definition) is 4. The number of morpholine rings is 1. The first kappa shape index (κ1) is 27.7. The lowest BCUT2D eigenvalue weighted by Crippen LogP contribution is -2.37. The molecule has 5 rings (SSSR count). The minimum absolute atomic E-state index is 0.0473. The number of carbonyl (C=O) groups is 2. The van der Waals surface area contributed by atoms with E-state index in [1.54, 1.807) is 36.4 Å². The van der Waals surface area contributed by atoms with Gasteiger partial charge in [0.15, 0.2) is 0 Å². The summed E-state index contributed by atoms with van der Waals surface area (Å²) in [6.07, 6.45) is 2.94. The summed E-state index contributed by atoms with van der Waals surface area (Å²) >= 11 is 12.6. The second-order valence-corrected chi connectivity index (χ2v) is 11.0. The van der Waals surface area contributed by atoms with Crippen molar-refractivity contribution < 1.29 is 14.3 Å². The minimum Gasteiger partial charge on any atom is -0.379 e. The molecule has 6 nitrogen and oxygen atoms in total. The minimum atomic E-state index is -0.291. The number of fused-ring (bicyclic) bond motifs is 1. The Morgan fingerprint density at radius 1 is 0.974 bits per heavy atom. The Kier molecular flexibility index (Phi) is 8.88. The van der Waals surface area contributed by atoms with E-state index in [1.165, 1.54) is 0 Å². The number of nitrogens with one attached hydrogen (secondary N) is 1. The van der Waals surface area contributed by atoms with Crippen LogP contribution in [0.1, 0.15) is 57.0 Å². The van der Waals surface area contributed by atoms with Crippen LogP contribution >= 0.6 is 23.2 Å². The molecule has 0 radical (unpaired) electrons. The predicted octanol–water partition coefficient (Wildman–Crippen LogP) is 6.80. The van der Waals surface area contributed by atoms with Crippen molar-refractivity contribution >= 4 is 46.4 Å². The highest BCUT2D eigenvalue weighted by molar-refractivity contribution is 6.34. The SMILES string of the molecule is Cc1cc(NC(=O)c2ccccc2Cl)ccc1C(=O)N1CCCC(CCN2CCOCC2)c2cc(Cl)ccc21. The van der Waals surface area contributed by atoms with Gasteiger partial charge in [-0.3, -0.25) is 14.5 Å². The van der Waals surface area contributed by atoms with E-state index in [0.717, 1.165) is 68.9 Å². The molecule has 0 aliphatic carbocycles. The van der Waals surface area contributed by atoms with E-state index in [4.69, 9.17) is 27.9 Å². The normalized spacial score (nSPS) is 17.8. The number of benzene rings is 3. The van der Waals surface area contributed by atoms with Gasteiger partial charge in [-0.15, -0.1) is 0 Å². The molecule has 2 aliphatic rings. The van der Waals surface area contributed by atoms with Gasteiger partial charge >= 0.3 is 0 Å². The van der Waals surface area contributed by atoms with Crippen LogP contribution in [0.25, 0.3) is 0 Å². The van der Waals surface area contributed by atoms with Crippen molar-refractivity contribution in [1.29, 1.82) is 0 Å². The van der Waals surface area contributed by atoms with Gasteiger partial charge in [-0.05, 0) is 98.3 Å². The first-order valence-electron chi connectivity index (χ1n) is 13.5. The second-order valence-electron chi connectivity index (χ2n) is 10.2. The van der Waals surface area contributed by atoms with E-state index in [1.807, 2.05) is 36.1 Å². The molecule has 2 amide bonds. The van der Waals surface area contributed by atoms with Gasteiger partial charge in [0.2, 0.25) is 0 Å². The smallest absolute Gasteiger partial charge is 0.258 e. The van der Waals surface area contributed by atoms with Crippen LogP contribution in [0.2, 0.25) is 10.0 Å². The van der Waals surface area contributed by atoms with Gasteiger partial charge < -0.3 is 15.0 Å². The molecule has 39 heavy (non-hydrogen) atoms. The summed E-state index contributed by atoms with van der Waals surface area (Å²) in [6.45, 7) is 7.06. The monoisotopic (exact) mass is 565 g/mol.